The molecule has 0 aliphatic rings. The number of hydrogen-bond donors (Lipinski definition) is 0. The molecule has 1 aromatic heterocycles. The van der Waals surface area contributed by atoms with Gasteiger partial charge in [0.15, 0.2) is 6.29 Å². The highest BCUT2D eigenvalue weighted by Gasteiger charge is 2.07. The summed E-state index contributed by atoms with van der Waals surface area (Å²) in [6.07, 6.45) is 0.565. The third kappa shape index (κ3) is 1.83. The number of aldehydes is 1. The van der Waals surface area contributed by atoms with Gasteiger partial charge in [0.05, 0.1) is 11.3 Å². The molecule has 0 bridgehead atoms. The van der Waals surface area contributed by atoms with E-state index in [-0.39, 0.29) is 17.0 Å². The second-order valence-corrected chi connectivity index (χ2v) is 3.23. The first kappa shape index (κ1) is 9.64. The Kier molecular flexibility index (Phi) is 2.60. The minimum absolute atomic E-state index is 0.168. The van der Waals surface area contributed by atoms with Crippen molar-refractivity contribution in [3.8, 4) is 0 Å². The van der Waals surface area contributed by atoms with E-state index < -0.39 is 0 Å². The van der Waals surface area contributed by atoms with Crippen LogP contribution in [0, 0.1) is 0 Å². The summed E-state index contributed by atoms with van der Waals surface area (Å²) in [7, 11) is 1.54. The van der Waals surface area contributed by atoms with E-state index in [0.717, 1.165) is 5.69 Å². The van der Waals surface area contributed by atoms with E-state index in [1.807, 2.05) is 13.8 Å². The first-order valence-corrected chi connectivity index (χ1v) is 4.09. The van der Waals surface area contributed by atoms with E-state index in [0.29, 0.717) is 6.29 Å². The van der Waals surface area contributed by atoms with E-state index in [1.165, 1.54) is 4.68 Å². The Labute approximate surface area is 76.2 Å². The lowest BCUT2D eigenvalue weighted by Gasteiger charge is -2.06. The molecule has 0 aliphatic carbocycles. The average Bonchev–Trinajstić information content (AvgIpc) is 2.09. The van der Waals surface area contributed by atoms with Crippen LogP contribution in [0.25, 0.3) is 0 Å². The second-order valence-electron chi connectivity index (χ2n) is 3.23. The van der Waals surface area contributed by atoms with E-state index >= 15 is 0 Å². The van der Waals surface area contributed by atoms with Crippen molar-refractivity contribution in [1.82, 2.24) is 9.78 Å². The molecular weight excluding hydrogens is 168 g/mol. The molecule has 0 atom stereocenters. The Morgan fingerprint density at radius 3 is 2.62 bits per heavy atom. The zero-order chi connectivity index (χ0) is 10.0. The summed E-state index contributed by atoms with van der Waals surface area (Å²) in [5.74, 6) is 0.213. The molecule has 0 aromatic carbocycles. The highest BCUT2D eigenvalue weighted by molar-refractivity contribution is 5.74. The van der Waals surface area contributed by atoms with E-state index in [1.54, 1.807) is 13.1 Å². The van der Waals surface area contributed by atoms with Crippen molar-refractivity contribution in [2.75, 3.05) is 0 Å². The van der Waals surface area contributed by atoms with Crippen LogP contribution in [0.3, 0.4) is 0 Å². The molecular formula is C9H12N2O2. The summed E-state index contributed by atoms with van der Waals surface area (Å²) in [4.78, 5) is 21.8. The quantitative estimate of drug-likeness (QED) is 0.630. The molecule has 0 N–H and O–H groups in total. The third-order valence-corrected chi connectivity index (χ3v) is 1.83. The smallest absolute Gasteiger partial charge is 0.277 e. The van der Waals surface area contributed by atoms with Gasteiger partial charge >= 0.3 is 0 Å². The van der Waals surface area contributed by atoms with Gasteiger partial charge in [-0.3, -0.25) is 9.59 Å². The van der Waals surface area contributed by atoms with Gasteiger partial charge in [-0.15, -0.1) is 0 Å². The lowest BCUT2D eigenvalue weighted by atomic mass is 10.1. The Morgan fingerprint density at radius 1 is 1.54 bits per heavy atom. The minimum atomic E-state index is -0.348. The number of rotatable bonds is 2. The van der Waals surface area contributed by atoms with E-state index in [2.05, 4.69) is 5.10 Å². The van der Waals surface area contributed by atoms with Crippen molar-refractivity contribution in [2.24, 2.45) is 7.05 Å². The molecule has 0 saturated heterocycles. The molecule has 1 heterocycles. The Bertz CT molecular complexity index is 380. The van der Waals surface area contributed by atoms with Gasteiger partial charge in [-0.1, -0.05) is 13.8 Å². The summed E-state index contributed by atoms with van der Waals surface area (Å²) in [6, 6.07) is 1.54. The average molecular weight is 180 g/mol. The summed E-state index contributed by atoms with van der Waals surface area (Å²) >= 11 is 0. The van der Waals surface area contributed by atoms with Crippen LogP contribution in [-0.4, -0.2) is 16.1 Å². The Morgan fingerprint density at radius 2 is 2.15 bits per heavy atom. The van der Waals surface area contributed by atoms with Crippen LogP contribution in [0.15, 0.2) is 10.9 Å². The minimum Gasteiger partial charge on any atom is -0.298 e. The van der Waals surface area contributed by atoms with Crippen LogP contribution in [0.4, 0.5) is 0 Å². The van der Waals surface area contributed by atoms with Gasteiger partial charge in [0.1, 0.15) is 0 Å². The van der Waals surface area contributed by atoms with Crippen molar-refractivity contribution in [1.29, 1.82) is 0 Å². The fourth-order valence-corrected chi connectivity index (χ4v) is 1.02. The molecule has 1 aromatic rings. The van der Waals surface area contributed by atoms with Crippen molar-refractivity contribution >= 4 is 6.29 Å². The summed E-state index contributed by atoms with van der Waals surface area (Å²) in [6.45, 7) is 3.92. The Hall–Kier alpha value is -1.45. The molecule has 0 fully saturated rings. The predicted molar refractivity (Wildman–Crippen MR) is 49.0 cm³/mol. The maximum atomic E-state index is 11.2. The first-order chi connectivity index (χ1) is 6.06. The normalized spacial score (nSPS) is 10.5. The lowest BCUT2D eigenvalue weighted by molar-refractivity contribution is 0.112. The fraction of sp³-hybridized carbons (Fsp3) is 0.444. The molecule has 13 heavy (non-hydrogen) atoms. The number of carbonyl (C=O) groups is 1. The number of aromatic nitrogens is 2. The topological polar surface area (TPSA) is 52.0 Å². The molecule has 70 valence electrons. The van der Waals surface area contributed by atoms with Gasteiger partial charge in [-0.2, -0.15) is 5.10 Å². The van der Waals surface area contributed by atoms with Crippen LogP contribution >= 0.6 is 0 Å². The van der Waals surface area contributed by atoms with Crippen LogP contribution in [-0.2, 0) is 7.05 Å². The molecule has 0 spiro atoms. The van der Waals surface area contributed by atoms with Crippen molar-refractivity contribution < 1.29 is 4.79 Å². The largest absolute Gasteiger partial charge is 0.298 e. The second kappa shape index (κ2) is 3.51. The van der Waals surface area contributed by atoms with Gasteiger partial charge < -0.3 is 0 Å². The van der Waals surface area contributed by atoms with Crippen LogP contribution < -0.4 is 5.56 Å². The molecule has 0 saturated carbocycles. The van der Waals surface area contributed by atoms with Crippen LogP contribution in [0.2, 0.25) is 0 Å². The molecule has 0 radical (unpaired) electrons. The summed E-state index contributed by atoms with van der Waals surface area (Å²) in [5.41, 5.74) is 0.574. The SMILES string of the molecule is CC(C)c1cc(C=O)c(=O)n(C)n1. The zero-order valence-electron chi connectivity index (χ0n) is 7.94. The predicted octanol–water partition coefficient (Wildman–Crippen LogP) is 0.716. The third-order valence-electron chi connectivity index (χ3n) is 1.83. The van der Waals surface area contributed by atoms with Gasteiger partial charge in [-0.25, -0.2) is 4.68 Å². The van der Waals surface area contributed by atoms with Gasteiger partial charge in [0.2, 0.25) is 0 Å². The van der Waals surface area contributed by atoms with Crippen molar-refractivity contribution in [3.05, 3.63) is 27.7 Å². The zero-order valence-corrected chi connectivity index (χ0v) is 7.94. The summed E-state index contributed by atoms with van der Waals surface area (Å²) in [5, 5.41) is 4.03. The highest BCUT2D eigenvalue weighted by atomic mass is 16.1. The number of hydrogen-bond acceptors (Lipinski definition) is 3. The van der Waals surface area contributed by atoms with Crippen LogP contribution in [0.5, 0.6) is 0 Å². The fourth-order valence-electron chi connectivity index (χ4n) is 1.02. The molecule has 0 aliphatic heterocycles. The standard InChI is InChI=1S/C9H12N2O2/c1-6(2)8-4-7(5-12)9(13)11(3)10-8/h4-6H,1-3H3. The molecule has 0 amide bonds. The molecule has 4 heteroatoms. The number of aryl methyl sites for hydroxylation is 1. The highest BCUT2D eigenvalue weighted by Crippen LogP contribution is 2.09. The van der Waals surface area contributed by atoms with Gasteiger partial charge in [0, 0.05) is 7.05 Å². The van der Waals surface area contributed by atoms with Gasteiger partial charge in [-0.05, 0) is 12.0 Å². The molecule has 4 nitrogen and oxygen atoms in total. The van der Waals surface area contributed by atoms with Gasteiger partial charge in [0.25, 0.3) is 5.56 Å². The van der Waals surface area contributed by atoms with E-state index in [4.69, 9.17) is 0 Å². The number of nitrogens with zero attached hydrogens (tertiary/aromatic N) is 2. The van der Waals surface area contributed by atoms with Crippen molar-refractivity contribution in [2.45, 2.75) is 19.8 Å². The maximum Gasteiger partial charge on any atom is 0.277 e. The first-order valence-electron chi connectivity index (χ1n) is 4.09. The summed E-state index contributed by atoms with van der Waals surface area (Å²) < 4.78 is 1.19. The monoisotopic (exact) mass is 180 g/mol. The lowest BCUT2D eigenvalue weighted by Crippen LogP contribution is -2.24. The van der Waals surface area contributed by atoms with Crippen molar-refractivity contribution in [3.63, 3.8) is 0 Å². The molecule has 0 unspecified atom stereocenters. The maximum absolute atomic E-state index is 11.2. The molecule has 1 rings (SSSR count). The number of carbonyl (C=O) groups excluding carboxylic acids is 1. The van der Waals surface area contributed by atoms with E-state index in [9.17, 15) is 9.59 Å². The Balaban J connectivity index is 3.39. The van der Waals surface area contributed by atoms with Crippen LogP contribution in [0.1, 0.15) is 35.8 Å².